The van der Waals surface area contributed by atoms with Crippen molar-refractivity contribution in [1.82, 2.24) is 9.88 Å². The lowest BCUT2D eigenvalue weighted by Crippen LogP contribution is -2.37. The number of rotatable bonds is 2. The Labute approximate surface area is 154 Å². The van der Waals surface area contributed by atoms with Crippen molar-refractivity contribution in [3.05, 3.63) is 63.9 Å². The largest absolute Gasteiger partial charge is 0.339 e. The molecule has 3 aromatic rings. The summed E-state index contributed by atoms with van der Waals surface area (Å²) < 4.78 is 14.1. The second-order valence-corrected chi connectivity index (χ2v) is 7.74. The maximum absolute atomic E-state index is 13.0. The molecule has 1 fully saturated rings. The van der Waals surface area contributed by atoms with E-state index in [4.69, 9.17) is 16.6 Å². The van der Waals surface area contributed by atoms with Crippen molar-refractivity contribution in [3.63, 3.8) is 0 Å². The number of amides is 1. The van der Waals surface area contributed by atoms with Gasteiger partial charge in [-0.05, 0) is 55.3 Å². The fourth-order valence-electron chi connectivity index (χ4n) is 3.20. The van der Waals surface area contributed by atoms with E-state index in [9.17, 15) is 9.18 Å². The lowest BCUT2D eigenvalue weighted by molar-refractivity contribution is 0.0713. The molecule has 6 heteroatoms. The molecule has 0 saturated carbocycles. The first-order valence-corrected chi connectivity index (χ1v) is 9.40. The monoisotopic (exact) mass is 374 g/mol. The van der Waals surface area contributed by atoms with Gasteiger partial charge in [0.15, 0.2) is 0 Å². The molecular formula is C19H16ClFN2OS. The molecule has 0 radical (unpaired) electrons. The van der Waals surface area contributed by atoms with Crippen molar-refractivity contribution in [3.8, 4) is 0 Å². The van der Waals surface area contributed by atoms with Gasteiger partial charge in [-0.25, -0.2) is 9.37 Å². The van der Waals surface area contributed by atoms with Crippen molar-refractivity contribution < 1.29 is 9.18 Å². The minimum absolute atomic E-state index is 0.0328. The molecule has 3 nitrogen and oxygen atoms in total. The summed E-state index contributed by atoms with van der Waals surface area (Å²) in [4.78, 5) is 19.1. The van der Waals surface area contributed by atoms with E-state index in [1.807, 2.05) is 23.1 Å². The summed E-state index contributed by atoms with van der Waals surface area (Å²) in [5, 5.41) is 1.82. The predicted molar refractivity (Wildman–Crippen MR) is 98.9 cm³/mol. The van der Waals surface area contributed by atoms with Crippen LogP contribution in [0.4, 0.5) is 4.39 Å². The van der Waals surface area contributed by atoms with E-state index in [0.717, 1.165) is 28.1 Å². The molecule has 2 heterocycles. The summed E-state index contributed by atoms with van der Waals surface area (Å²) >= 11 is 7.74. The molecule has 1 aromatic heterocycles. The predicted octanol–water partition coefficient (Wildman–Crippen LogP) is 5.11. The third kappa shape index (κ3) is 3.39. The number of carbonyl (C=O) groups excluding carboxylic acids is 1. The van der Waals surface area contributed by atoms with Gasteiger partial charge in [0.1, 0.15) is 5.82 Å². The Bertz CT molecular complexity index is 917. The molecule has 1 saturated heterocycles. The molecule has 0 unspecified atom stereocenters. The van der Waals surface area contributed by atoms with Gasteiger partial charge in [-0.1, -0.05) is 11.6 Å². The molecule has 128 valence electrons. The normalized spacial score (nSPS) is 15.7. The van der Waals surface area contributed by atoms with Crippen LogP contribution in [0.15, 0.2) is 42.5 Å². The number of hydrogen-bond acceptors (Lipinski definition) is 3. The number of nitrogens with zero attached hydrogens (tertiary/aromatic N) is 2. The second kappa shape index (κ2) is 6.73. The Morgan fingerprint density at radius 3 is 2.60 bits per heavy atom. The first-order chi connectivity index (χ1) is 12.1. The highest BCUT2D eigenvalue weighted by Crippen LogP contribution is 2.34. The summed E-state index contributed by atoms with van der Waals surface area (Å²) in [5.41, 5.74) is 1.48. The van der Waals surface area contributed by atoms with Crippen LogP contribution in [-0.2, 0) is 0 Å². The number of thiazole rings is 1. The quantitative estimate of drug-likeness (QED) is 0.624. The molecule has 0 atom stereocenters. The minimum Gasteiger partial charge on any atom is -0.339 e. The molecule has 0 bridgehead atoms. The van der Waals surface area contributed by atoms with E-state index in [1.165, 1.54) is 12.1 Å². The number of aromatic nitrogens is 1. The highest BCUT2D eigenvalue weighted by Gasteiger charge is 2.26. The van der Waals surface area contributed by atoms with Crippen LogP contribution in [0.5, 0.6) is 0 Å². The van der Waals surface area contributed by atoms with Crippen LogP contribution in [0.2, 0.25) is 5.02 Å². The maximum atomic E-state index is 13.0. The molecule has 4 rings (SSSR count). The fourth-order valence-corrected chi connectivity index (χ4v) is 4.48. The van der Waals surface area contributed by atoms with E-state index in [-0.39, 0.29) is 11.7 Å². The van der Waals surface area contributed by atoms with Gasteiger partial charge in [-0.3, -0.25) is 4.79 Å². The Kier molecular flexibility index (Phi) is 4.44. The summed E-state index contributed by atoms with van der Waals surface area (Å²) in [7, 11) is 0. The average Bonchev–Trinajstić information content (AvgIpc) is 3.05. The zero-order valence-electron chi connectivity index (χ0n) is 13.4. The third-order valence-electron chi connectivity index (χ3n) is 4.59. The number of piperidine rings is 1. The molecule has 1 aliphatic rings. The van der Waals surface area contributed by atoms with Crippen molar-refractivity contribution in [2.45, 2.75) is 18.8 Å². The van der Waals surface area contributed by atoms with Crippen LogP contribution < -0.4 is 0 Å². The van der Waals surface area contributed by atoms with Gasteiger partial charge >= 0.3 is 0 Å². The van der Waals surface area contributed by atoms with Crippen molar-refractivity contribution in [1.29, 1.82) is 0 Å². The van der Waals surface area contributed by atoms with Crippen LogP contribution >= 0.6 is 22.9 Å². The van der Waals surface area contributed by atoms with E-state index in [2.05, 4.69) is 0 Å². The lowest BCUT2D eigenvalue weighted by Gasteiger charge is -2.31. The molecule has 2 aromatic carbocycles. The van der Waals surface area contributed by atoms with Gasteiger partial charge < -0.3 is 4.90 Å². The van der Waals surface area contributed by atoms with Crippen molar-refractivity contribution in [2.75, 3.05) is 13.1 Å². The molecule has 0 N–H and O–H groups in total. The second-order valence-electron chi connectivity index (χ2n) is 6.24. The van der Waals surface area contributed by atoms with E-state index >= 15 is 0 Å². The fraction of sp³-hybridized carbons (Fsp3) is 0.263. The summed E-state index contributed by atoms with van der Waals surface area (Å²) in [6.07, 6.45) is 1.78. The average molecular weight is 375 g/mol. The van der Waals surface area contributed by atoms with Crippen molar-refractivity contribution in [2.24, 2.45) is 0 Å². The van der Waals surface area contributed by atoms with Crippen LogP contribution in [0.1, 0.15) is 34.1 Å². The standard InChI is InChI=1S/C19H16ClFN2OS/c20-14-3-6-17-16(11-14)22-18(25-17)12-7-9-23(10-8-12)19(24)13-1-4-15(21)5-2-13/h1-6,11-12H,7-10H2. The highest BCUT2D eigenvalue weighted by molar-refractivity contribution is 7.18. The molecule has 1 amide bonds. The zero-order chi connectivity index (χ0) is 17.4. The molecule has 0 aliphatic carbocycles. The van der Waals surface area contributed by atoms with Gasteiger partial charge in [0, 0.05) is 29.6 Å². The number of fused-ring (bicyclic) bond motifs is 1. The van der Waals surface area contributed by atoms with Crippen LogP contribution in [0.3, 0.4) is 0 Å². The first-order valence-electron chi connectivity index (χ1n) is 8.21. The first kappa shape index (κ1) is 16.5. The number of carbonyl (C=O) groups is 1. The summed E-state index contributed by atoms with van der Waals surface area (Å²) in [5.74, 6) is 0.00849. The topological polar surface area (TPSA) is 33.2 Å². The smallest absolute Gasteiger partial charge is 0.253 e. The van der Waals surface area contributed by atoms with E-state index in [1.54, 1.807) is 23.5 Å². The third-order valence-corrected chi connectivity index (χ3v) is 6.02. The van der Waals surface area contributed by atoms with Crippen molar-refractivity contribution >= 4 is 39.1 Å². The Hall–Kier alpha value is -1.98. The molecular weight excluding hydrogens is 359 g/mol. The lowest BCUT2D eigenvalue weighted by atomic mass is 9.97. The van der Waals surface area contributed by atoms with Gasteiger partial charge in [0.2, 0.25) is 0 Å². The number of halogens is 2. The van der Waals surface area contributed by atoms with Crippen LogP contribution in [-0.4, -0.2) is 28.9 Å². The van der Waals surface area contributed by atoms with Crippen LogP contribution in [0.25, 0.3) is 10.2 Å². The van der Waals surface area contributed by atoms with Gasteiger partial charge in [-0.2, -0.15) is 0 Å². The minimum atomic E-state index is -0.328. The maximum Gasteiger partial charge on any atom is 0.253 e. The molecule has 25 heavy (non-hydrogen) atoms. The van der Waals surface area contributed by atoms with E-state index < -0.39 is 0 Å². The SMILES string of the molecule is O=C(c1ccc(F)cc1)N1CCC(c2nc3cc(Cl)ccc3s2)CC1. The van der Waals surface area contributed by atoms with E-state index in [0.29, 0.717) is 29.6 Å². The van der Waals surface area contributed by atoms with Crippen LogP contribution in [0, 0.1) is 5.82 Å². The zero-order valence-corrected chi connectivity index (χ0v) is 15.0. The number of hydrogen-bond donors (Lipinski definition) is 0. The Morgan fingerprint density at radius 2 is 1.88 bits per heavy atom. The summed E-state index contributed by atoms with van der Waals surface area (Å²) in [6.45, 7) is 1.38. The van der Waals surface area contributed by atoms with Gasteiger partial charge in [0.05, 0.1) is 15.2 Å². The number of benzene rings is 2. The van der Waals surface area contributed by atoms with Gasteiger partial charge in [-0.15, -0.1) is 11.3 Å². The molecule has 0 spiro atoms. The number of likely N-dealkylation sites (tertiary alicyclic amines) is 1. The highest BCUT2D eigenvalue weighted by atomic mass is 35.5. The van der Waals surface area contributed by atoms with Gasteiger partial charge in [0.25, 0.3) is 5.91 Å². The molecule has 1 aliphatic heterocycles. The Balaban J connectivity index is 1.45. The summed E-state index contributed by atoms with van der Waals surface area (Å²) in [6, 6.07) is 11.5. The Morgan fingerprint density at radius 1 is 1.16 bits per heavy atom.